The first-order valence-corrected chi connectivity index (χ1v) is 5.72. The lowest BCUT2D eigenvalue weighted by Gasteiger charge is -2.26. The van der Waals surface area contributed by atoms with E-state index >= 15 is 0 Å². The van der Waals surface area contributed by atoms with Gasteiger partial charge in [-0.05, 0) is 32.6 Å². The summed E-state index contributed by atoms with van der Waals surface area (Å²) < 4.78 is 4.98. The molecule has 2 unspecified atom stereocenters. The van der Waals surface area contributed by atoms with Crippen LogP contribution in [0.15, 0.2) is 0 Å². The Kier molecular flexibility index (Phi) is 4.34. The van der Waals surface area contributed by atoms with E-state index in [9.17, 15) is 9.59 Å². The van der Waals surface area contributed by atoms with Gasteiger partial charge in [-0.1, -0.05) is 0 Å². The number of carbonyl (C=O) groups excluding carboxylic acids is 1. The van der Waals surface area contributed by atoms with Crippen LogP contribution in [0, 0.1) is 5.92 Å². The zero-order valence-electron chi connectivity index (χ0n) is 10.4. The molecule has 1 aliphatic carbocycles. The van der Waals surface area contributed by atoms with E-state index in [2.05, 4.69) is 10.6 Å². The van der Waals surface area contributed by atoms with E-state index in [-0.39, 0.29) is 12.0 Å². The Balaban J connectivity index is 2.45. The molecule has 6 nitrogen and oxygen atoms in total. The number of carboxylic acids is 1. The van der Waals surface area contributed by atoms with Gasteiger partial charge in [0, 0.05) is 13.7 Å². The number of amides is 2. The minimum absolute atomic E-state index is 0.0330. The minimum Gasteiger partial charge on any atom is -0.480 e. The summed E-state index contributed by atoms with van der Waals surface area (Å²) in [5.74, 6) is -0.958. The fourth-order valence-corrected chi connectivity index (χ4v) is 1.59. The van der Waals surface area contributed by atoms with Gasteiger partial charge in [0.1, 0.15) is 5.54 Å². The number of urea groups is 1. The molecule has 3 N–H and O–H groups in total. The lowest BCUT2D eigenvalue weighted by molar-refractivity contribution is -0.144. The lowest BCUT2D eigenvalue weighted by Crippen LogP contribution is -2.57. The van der Waals surface area contributed by atoms with Crippen LogP contribution in [0.1, 0.15) is 26.7 Å². The lowest BCUT2D eigenvalue weighted by atomic mass is 9.96. The first-order valence-electron chi connectivity index (χ1n) is 5.72. The summed E-state index contributed by atoms with van der Waals surface area (Å²) in [6.45, 7) is 3.71. The second kappa shape index (κ2) is 5.35. The predicted octanol–water partition coefficient (Wildman–Crippen LogP) is 0.574. The van der Waals surface area contributed by atoms with Gasteiger partial charge < -0.3 is 20.5 Å². The molecule has 0 aromatic carbocycles. The SMILES string of the molecule is COC(C)CNC(=O)NC(C)(C(=O)O)C1CC1. The van der Waals surface area contributed by atoms with Crippen LogP contribution in [0.25, 0.3) is 0 Å². The summed E-state index contributed by atoms with van der Waals surface area (Å²) in [5.41, 5.74) is -1.17. The maximum Gasteiger partial charge on any atom is 0.329 e. The van der Waals surface area contributed by atoms with Crippen molar-refractivity contribution < 1.29 is 19.4 Å². The van der Waals surface area contributed by atoms with Crippen molar-refractivity contribution in [2.24, 2.45) is 5.92 Å². The van der Waals surface area contributed by atoms with Crippen molar-refractivity contribution in [2.45, 2.75) is 38.3 Å². The Bertz CT molecular complexity index is 304. The van der Waals surface area contributed by atoms with Gasteiger partial charge in [-0.2, -0.15) is 0 Å². The summed E-state index contributed by atoms with van der Waals surface area (Å²) >= 11 is 0. The summed E-state index contributed by atoms with van der Waals surface area (Å²) in [4.78, 5) is 22.7. The fraction of sp³-hybridized carbons (Fsp3) is 0.818. The van der Waals surface area contributed by atoms with E-state index in [4.69, 9.17) is 9.84 Å². The Morgan fingerprint density at radius 1 is 1.53 bits per heavy atom. The average Bonchev–Trinajstić information content (AvgIpc) is 3.09. The number of nitrogens with one attached hydrogen (secondary N) is 2. The molecule has 1 saturated carbocycles. The Morgan fingerprint density at radius 3 is 2.53 bits per heavy atom. The van der Waals surface area contributed by atoms with Crippen LogP contribution in [-0.4, -0.2) is 42.4 Å². The molecule has 0 radical (unpaired) electrons. The second-order valence-corrected chi connectivity index (χ2v) is 4.66. The predicted molar refractivity (Wildman–Crippen MR) is 61.8 cm³/mol. The molecule has 2 amide bonds. The van der Waals surface area contributed by atoms with E-state index in [0.717, 1.165) is 12.8 Å². The van der Waals surface area contributed by atoms with E-state index in [1.807, 2.05) is 6.92 Å². The van der Waals surface area contributed by atoms with Gasteiger partial charge in [0.2, 0.25) is 0 Å². The highest BCUT2D eigenvalue weighted by atomic mass is 16.5. The van der Waals surface area contributed by atoms with Crippen molar-refractivity contribution >= 4 is 12.0 Å². The molecule has 0 aliphatic heterocycles. The molecule has 0 heterocycles. The normalized spacial score (nSPS) is 20.2. The number of hydrogen-bond acceptors (Lipinski definition) is 3. The Morgan fingerprint density at radius 2 is 2.12 bits per heavy atom. The van der Waals surface area contributed by atoms with Crippen molar-refractivity contribution in [1.82, 2.24) is 10.6 Å². The molecule has 0 bridgehead atoms. The number of carboxylic acid groups (broad SMARTS) is 1. The molecule has 1 aliphatic rings. The molecular weight excluding hydrogens is 224 g/mol. The molecule has 0 saturated heterocycles. The first kappa shape index (κ1) is 13.8. The van der Waals surface area contributed by atoms with Crippen LogP contribution in [0.5, 0.6) is 0 Å². The molecule has 2 atom stereocenters. The van der Waals surface area contributed by atoms with Crippen LogP contribution >= 0.6 is 0 Å². The smallest absolute Gasteiger partial charge is 0.329 e. The highest BCUT2D eigenvalue weighted by Crippen LogP contribution is 2.39. The topological polar surface area (TPSA) is 87.7 Å². The van der Waals surface area contributed by atoms with Crippen LogP contribution in [0.2, 0.25) is 0 Å². The van der Waals surface area contributed by atoms with E-state index in [1.165, 1.54) is 0 Å². The monoisotopic (exact) mass is 244 g/mol. The largest absolute Gasteiger partial charge is 0.480 e. The summed E-state index contributed by atoms with van der Waals surface area (Å²) in [5, 5.41) is 14.3. The third kappa shape index (κ3) is 3.59. The highest BCUT2D eigenvalue weighted by Gasteiger charge is 2.48. The standard InChI is InChI=1S/C11H20N2O4/c1-7(17-3)6-12-10(16)13-11(2,9(14)15)8-4-5-8/h7-8H,4-6H2,1-3H3,(H,14,15)(H2,12,13,16). The van der Waals surface area contributed by atoms with Crippen LogP contribution in [0.3, 0.4) is 0 Å². The molecule has 0 aromatic rings. The van der Waals surface area contributed by atoms with Gasteiger partial charge in [-0.15, -0.1) is 0 Å². The number of rotatable bonds is 6. The summed E-state index contributed by atoms with van der Waals surface area (Å²) in [7, 11) is 1.55. The van der Waals surface area contributed by atoms with Gasteiger partial charge in [0.15, 0.2) is 0 Å². The van der Waals surface area contributed by atoms with Crippen molar-refractivity contribution in [2.75, 3.05) is 13.7 Å². The Hall–Kier alpha value is -1.30. The Labute approximate surface area is 101 Å². The molecule has 1 rings (SSSR count). The van der Waals surface area contributed by atoms with Gasteiger partial charge in [0.25, 0.3) is 0 Å². The van der Waals surface area contributed by atoms with E-state index < -0.39 is 17.5 Å². The third-order valence-corrected chi connectivity index (χ3v) is 3.16. The van der Waals surface area contributed by atoms with Crippen molar-refractivity contribution in [3.8, 4) is 0 Å². The number of aliphatic carboxylic acids is 1. The maximum absolute atomic E-state index is 11.6. The first-order chi connectivity index (χ1) is 7.90. The molecule has 6 heteroatoms. The number of methoxy groups -OCH3 is 1. The molecule has 1 fully saturated rings. The third-order valence-electron chi connectivity index (χ3n) is 3.16. The summed E-state index contributed by atoms with van der Waals surface area (Å²) in [6, 6.07) is -0.467. The molecule has 17 heavy (non-hydrogen) atoms. The van der Waals surface area contributed by atoms with Gasteiger partial charge in [-0.25, -0.2) is 9.59 Å². The number of ether oxygens (including phenoxy) is 1. The molecule has 98 valence electrons. The zero-order valence-corrected chi connectivity index (χ0v) is 10.4. The van der Waals surface area contributed by atoms with Gasteiger partial charge in [0.05, 0.1) is 6.10 Å². The molecule has 0 spiro atoms. The van der Waals surface area contributed by atoms with Crippen molar-refractivity contribution in [1.29, 1.82) is 0 Å². The van der Waals surface area contributed by atoms with Gasteiger partial charge in [-0.3, -0.25) is 0 Å². The number of hydrogen-bond donors (Lipinski definition) is 3. The average molecular weight is 244 g/mol. The van der Waals surface area contributed by atoms with Crippen molar-refractivity contribution in [3.63, 3.8) is 0 Å². The summed E-state index contributed by atoms with van der Waals surface area (Å²) in [6.07, 6.45) is 1.59. The number of carbonyl (C=O) groups is 2. The quantitative estimate of drug-likeness (QED) is 0.637. The molecular formula is C11H20N2O4. The van der Waals surface area contributed by atoms with Crippen LogP contribution in [0.4, 0.5) is 4.79 Å². The van der Waals surface area contributed by atoms with E-state index in [1.54, 1.807) is 14.0 Å². The van der Waals surface area contributed by atoms with Crippen LogP contribution in [-0.2, 0) is 9.53 Å². The van der Waals surface area contributed by atoms with E-state index in [0.29, 0.717) is 6.54 Å². The molecule has 0 aromatic heterocycles. The second-order valence-electron chi connectivity index (χ2n) is 4.66. The van der Waals surface area contributed by atoms with Crippen LogP contribution < -0.4 is 10.6 Å². The van der Waals surface area contributed by atoms with Gasteiger partial charge >= 0.3 is 12.0 Å². The fourth-order valence-electron chi connectivity index (χ4n) is 1.59. The zero-order chi connectivity index (χ0) is 13.1. The minimum atomic E-state index is -1.17. The maximum atomic E-state index is 11.6. The highest BCUT2D eigenvalue weighted by molar-refractivity contribution is 5.86. The van der Waals surface area contributed by atoms with Crippen molar-refractivity contribution in [3.05, 3.63) is 0 Å².